The molecular formula is C18H17F3N2O2S. The molecular weight excluding hydrogens is 365 g/mol. The third kappa shape index (κ3) is 3.09. The summed E-state index contributed by atoms with van der Waals surface area (Å²) in [5.74, 6) is 0.0102. The summed E-state index contributed by atoms with van der Waals surface area (Å²) in [7, 11) is -2.17. The third-order valence-corrected chi connectivity index (χ3v) is 6.07. The van der Waals surface area contributed by atoms with Crippen molar-refractivity contribution in [3.8, 4) is 11.4 Å². The number of nitrogens with zero attached hydrogens (tertiary/aromatic N) is 2. The molecule has 4 nitrogen and oxygen atoms in total. The fourth-order valence-corrected chi connectivity index (χ4v) is 3.96. The number of benzene rings is 2. The topological polar surface area (TPSA) is 52.0 Å². The van der Waals surface area contributed by atoms with E-state index in [9.17, 15) is 21.6 Å². The van der Waals surface area contributed by atoms with Gasteiger partial charge in [-0.2, -0.15) is 13.2 Å². The Morgan fingerprint density at radius 1 is 1.12 bits per heavy atom. The van der Waals surface area contributed by atoms with Crippen LogP contribution in [0.1, 0.15) is 18.1 Å². The van der Waals surface area contributed by atoms with Gasteiger partial charge in [-0.3, -0.25) is 0 Å². The van der Waals surface area contributed by atoms with Crippen LogP contribution in [0.3, 0.4) is 0 Å². The SMILES string of the molecule is CCS(=O)(=O)c1cc(C(F)(F)F)ccc1-c1nc2cc(C)ccc2n1C. The first kappa shape index (κ1) is 18.4. The number of imidazole rings is 1. The van der Waals surface area contributed by atoms with Crippen molar-refractivity contribution in [3.63, 3.8) is 0 Å². The Hall–Kier alpha value is -2.35. The molecule has 0 saturated heterocycles. The van der Waals surface area contributed by atoms with E-state index < -0.39 is 21.6 Å². The first-order chi connectivity index (χ1) is 12.0. The van der Waals surface area contributed by atoms with Gasteiger partial charge in [-0.25, -0.2) is 13.4 Å². The third-order valence-electron chi connectivity index (χ3n) is 4.30. The van der Waals surface area contributed by atoms with E-state index in [1.54, 1.807) is 11.6 Å². The second-order valence-electron chi connectivity index (χ2n) is 6.10. The predicted molar refractivity (Wildman–Crippen MR) is 93.6 cm³/mol. The van der Waals surface area contributed by atoms with Gasteiger partial charge in [-0.05, 0) is 42.8 Å². The molecule has 0 amide bonds. The van der Waals surface area contributed by atoms with Crippen LogP contribution < -0.4 is 0 Å². The molecule has 0 saturated carbocycles. The summed E-state index contributed by atoms with van der Waals surface area (Å²) < 4.78 is 65.8. The summed E-state index contributed by atoms with van der Waals surface area (Å²) in [5, 5.41) is 0. The Morgan fingerprint density at radius 2 is 1.81 bits per heavy atom. The molecule has 0 radical (unpaired) electrons. The van der Waals surface area contributed by atoms with Crippen LogP contribution >= 0.6 is 0 Å². The highest BCUT2D eigenvalue weighted by Crippen LogP contribution is 2.36. The molecule has 138 valence electrons. The Morgan fingerprint density at radius 3 is 2.42 bits per heavy atom. The second-order valence-corrected chi connectivity index (χ2v) is 8.35. The molecule has 2 aromatic carbocycles. The lowest BCUT2D eigenvalue weighted by Crippen LogP contribution is -2.11. The summed E-state index contributed by atoms with van der Waals surface area (Å²) in [6, 6.07) is 8.34. The molecule has 0 bridgehead atoms. The minimum absolute atomic E-state index is 0.163. The Bertz CT molecular complexity index is 1100. The van der Waals surface area contributed by atoms with E-state index >= 15 is 0 Å². The monoisotopic (exact) mass is 382 g/mol. The maximum absolute atomic E-state index is 13.1. The van der Waals surface area contributed by atoms with Gasteiger partial charge in [0.05, 0.1) is 27.2 Å². The molecule has 1 aromatic heterocycles. The van der Waals surface area contributed by atoms with E-state index in [2.05, 4.69) is 4.98 Å². The number of fused-ring (bicyclic) bond motifs is 1. The van der Waals surface area contributed by atoms with Crippen LogP contribution in [0, 0.1) is 6.92 Å². The maximum atomic E-state index is 13.1. The van der Waals surface area contributed by atoms with Gasteiger partial charge in [-0.15, -0.1) is 0 Å². The Balaban J connectivity index is 2.33. The second kappa shape index (κ2) is 6.12. The minimum atomic E-state index is -4.62. The van der Waals surface area contributed by atoms with E-state index in [0.29, 0.717) is 17.4 Å². The first-order valence-corrected chi connectivity index (χ1v) is 9.57. The average molecular weight is 382 g/mol. The van der Waals surface area contributed by atoms with Gasteiger partial charge in [0, 0.05) is 12.6 Å². The van der Waals surface area contributed by atoms with E-state index in [-0.39, 0.29) is 16.2 Å². The molecule has 0 aliphatic heterocycles. The molecule has 8 heteroatoms. The molecule has 3 aromatic rings. The molecule has 0 aliphatic carbocycles. The van der Waals surface area contributed by atoms with Gasteiger partial charge in [0.15, 0.2) is 9.84 Å². The quantitative estimate of drug-likeness (QED) is 0.676. The zero-order valence-electron chi connectivity index (χ0n) is 14.4. The van der Waals surface area contributed by atoms with Gasteiger partial charge in [-0.1, -0.05) is 13.0 Å². The smallest absolute Gasteiger partial charge is 0.327 e. The van der Waals surface area contributed by atoms with E-state index in [0.717, 1.165) is 17.1 Å². The Kier molecular flexibility index (Phi) is 4.34. The highest BCUT2D eigenvalue weighted by molar-refractivity contribution is 7.91. The van der Waals surface area contributed by atoms with Crippen LogP contribution in [0.15, 0.2) is 41.3 Å². The van der Waals surface area contributed by atoms with E-state index in [4.69, 9.17) is 0 Å². The number of alkyl halides is 3. The summed E-state index contributed by atoms with van der Waals surface area (Å²) in [4.78, 5) is 4.10. The van der Waals surface area contributed by atoms with Crippen molar-refractivity contribution in [1.82, 2.24) is 9.55 Å². The van der Waals surface area contributed by atoms with Crippen LogP contribution in [0.25, 0.3) is 22.4 Å². The number of hydrogen-bond acceptors (Lipinski definition) is 3. The number of hydrogen-bond donors (Lipinski definition) is 0. The molecule has 0 atom stereocenters. The van der Waals surface area contributed by atoms with Crippen molar-refractivity contribution in [2.75, 3.05) is 5.75 Å². The van der Waals surface area contributed by atoms with Crippen LogP contribution in [0.5, 0.6) is 0 Å². The summed E-state index contributed by atoms with van der Waals surface area (Å²) >= 11 is 0. The van der Waals surface area contributed by atoms with Gasteiger partial charge >= 0.3 is 6.18 Å². The normalized spacial score (nSPS) is 12.7. The molecule has 0 unspecified atom stereocenters. The van der Waals surface area contributed by atoms with Crippen LogP contribution in [0.4, 0.5) is 13.2 Å². The first-order valence-electron chi connectivity index (χ1n) is 7.92. The van der Waals surface area contributed by atoms with Crippen molar-refractivity contribution in [2.45, 2.75) is 24.9 Å². The van der Waals surface area contributed by atoms with E-state index in [1.165, 1.54) is 13.0 Å². The lowest BCUT2D eigenvalue weighted by molar-refractivity contribution is -0.137. The molecule has 0 fully saturated rings. The number of sulfone groups is 1. The van der Waals surface area contributed by atoms with Crippen LogP contribution in [-0.2, 0) is 23.1 Å². The van der Waals surface area contributed by atoms with Gasteiger partial charge < -0.3 is 4.57 Å². The highest BCUT2D eigenvalue weighted by atomic mass is 32.2. The molecule has 0 aliphatic rings. The average Bonchev–Trinajstić information content (AvgIpc) is 2.89. The van der Waals surface area contributed by atoms with Gasteiger partial charge in [0.25, 0.3) is 0 Å². The Labute approximate surface area is 149 Å². The van der Waals surface area contributed by atoms with Crippen molar-refractivity contribution < 1.29 is 21.6 Å². The number of aryl methyl sites for hydroxylation is 2. The molecule has 26 heavy (non-hydrogen) atoms. The maximum Gasteiger partial charge on any atom is 0.416 e. The molecule has 0 N–H and O–H groups in total. The standard InChI is InChI=1S/C18H17F3N2O2S/c1-4-26(24,25)16-10-12(18(19,20)21)6-7-13(16)17-22-14-9-11(2)5-8-15(14)23(17)3/h5-10H,4H2,1-3H3. The summed E-state index contributed by atoms with van der Waals surface area (Å²) in [6.45, 7) is 3.30. The minimum Gasteiger partial charge on any atom is -0.327 e. The number of aromatic nitrogens is 2. The lowest BCUT2D eigenvalue weighted by Gasteiger charge is -2.13. The lowest BCUT2D eigenvalue weighted by atomic mass is 10.1. The molecule has 0 spiro atoms. The van der Waals surface area contributed by atoms with Crippen molar-refractivity contribution in [2.24, 2.45) is 7.05 Å². The summed E-state index contributed by atoms with van der Waals surface area (Å²) in [6.07, 6.45) is -4.62. The fourth-order valence-electron chi connectivity index (χ4n) is 2.85. The number of rotatable bonds is 3. The van der Waals surface area contributed by atoms with Gasteiger partial charge in [0.2, 0.25) is 0 Å². The predicted octanol–water partition coefficient (Wildman–Crippen LogP) is 4.36. The summed E-state index contributed by atoms with van der Waals surface area (Å²) in [5.41, 5.74) is 1.57. The van der Waals surface area contributed by atoms with Crippen LogP contribution in [0.2, 0.25) is 0 Å². The highest BCUT2D eigenvalue weighted by Gasteiger charge is 2.33. The fraction of sp³-hybridized carbons (Fsp3) is 0.278. The van der Waals surface area contributed by atoms with Crippen molar-refractivity contribution >= 4 is 20.9 Å². The largest absolute Gasteiger partial charge is 0.416 e. The zero-order valence-corrected chi connectivity index (χ0v) is 15.2. The van der Waals surface area contributed by atoms with E-state index in [1.807, 2.05) is 25.1 Å². The van der Waals surface area contributed by atoms with Crippen molar-refractivity contribution in [3.05, 3.63) is 47.5 Å². The molecule has 3 rings (SSSR count). The van der Waals surface area contributed by atoms with Crippen LogP contribution in [-0.4, -0.2) is 23.7 Å². The zero-order chi connectivity index (χ0) is 19.3. The number of halogens is 3. The van der Waals surface area contributed by atoms with Crippen molar-refractivity contribution in [1.29, 1.82) is 0 Å². The van der Waals surface area contributed by atoms with Gasteiger partial charge in [0.1, 0.15) is 5.82 Å². The molecule has 1 heterocycles.